The van der Waals surface area contributed by atoms with Gasteiger partial charge < -0.3 is 5.32 Å². The summed E-state index contributed by atoms with van der Waals surface area (Å²) in [5, 5.41) is 2.67. The molecule has 1 N–H and O–H groups in total. The molecular weight excluding hydrogens is 343 g/mol. The van der Waals surface area contributed by atoms with E-state index in [1.165, 1.54) is 28.6 Å². The summed E-state index contributed by atoms with van der Waals surface area (Å²) < 4.78 is 39.8. The first kappa shape index (κ1) is 17.6. The predicted octanol–water partition coefficient (Wildman–Crippen LogP) is 2.79. The molecule has 0 spiro atoms. The molecule has 1 fully saturated rings. The highest BCUT2D eigenvalue weighted by Gasteiger charge is 2.27. The van der Waals surface area contributed by atoms with E-state index in [1.807, 2.05) is 0 Å². The number of hydrogen-bond acceptors (Lipinski definition) is 3. The van der Waals surface area contributed by atoms with E-state index in [1.54, 1.807) is 24.3 Å². The third kappa shape index (κ3) is 4.24. The van der Waals surface area contributed by atoms with E-state index in [-0.39, 0.29) is 17.2 Å². The van der Waals surface area contributed by atoms with E-state index < -0.39 is 15.8 Å². The zero-order valence-electron chi connectivity index (χ0n) is 13.6. The van der Waals surface area contributed by atoms with E-state index >= 15 is 0 Å². The van der Waals surface area contributed by atoms with Crippen LogP contribution in [0.25, 0.3) is 0 Å². The lowest BCUT2D eigenvalue weighted by atomic mass is 10.1. The largest absolute Gasteiger partial charge is 0.326 e. The smallest absolute Gasteiger partial charge is 0.243 e. The Hall–Kier alpha value is -2.25. The van der Waals surface area contributed by atoms with Gasteiger partial charge in [-0.25, -0.2) is 12.8 Å². The zero-order chi connectivity index (χ0) is 17.9. The van der Waals surface area contributed by atoms with Crippen LogP contribution in [0.15, 0.2) is 53.4 Å². The summed E-state index contributed by atoms with van der Waals surface area (Å²) in [6.45, 7) is 1.05. The molecule has 1 aliphatic rings. The molecule has 1 saturated heterocycles. The lowest BCUT2D eigenvalue weighted by molar-refractivity contribution is -0.115. The zero-order valence-corrected chi connectivity index (χ0v) is 14.4. The van der Waals surface area contributed by atoms with Crippen LogP contribution in [-0.2, 0) is 21.2 Å². The van der Waals surface area contributed by atoms with Crippen LogP contribution in [0.2, 0.25) is 0 Å². The third-order valence-electron chi connectivity index (χ3n) is 4.07. The van der Waals surface area contributed by atoms with Gasteiger partial charge in [-0.2, -0.15) is 4.31 Å². The molecule has 3 rings (SSSR count). The van der Waals surface area contributed by atoms with Gasteiger partial charge in [-0.05, 0) is 48.7 Å². The molecule has 1 amide bonds. The summed E-state index contributed by atoms with van der Waals surface area (Å²) in [5.41, 5.74) is 0.958. The minimum atomic E-state index is -3.53. The molecule has 0 unspecified atom stereocenters. The number of nitrogens with one attached hydrogen (secondary N) is 1. The Morgan fingerprint density at radius 1 is 1.08 bits per heavy atom. The average Bonchev–Trinajstić information content (AvgIpc) is 3.10. The molecule has 0 aromatic heterocycles. The van der Waals surface area contributed by atoms with Crippen LogP contribution in [0.5, 0.6) is 0 Å². The monoisotopic (exact) mass is 362 g/mol. The van der Waals surface area contributed by atoms with Crippen molar-refractivity contribution in [1.82, 2.24) is 4.31 Å². The molecule has 1 heterocycles. The maximum Gasteiger partial charge on any atom is 0.243 e. The molecule has 5 nitrogen and oxygen atoms in total. The van der Waals surface area contributed by atoms with Gasteiger partial charge in [-0.15, -0.1) is 0 Å². The molecular formula is C18H19FN2O3S. The van der Waals surface area contributed by atoms with E-state index in [0.29, 0.717) is 24.3 Å². The summed E-state index contributed by atoms with van der Waals surface area (Å²) in [5.74, 6) is -0.731. The van der Waals surface area contributed by atoms with Crippen LogP contribution in [-0.4, -0.2) is 31.7 Å². The van der Waals surface area contributed by atoms with Crippen molar-refractivity contribution >= 4 is 21.6 Å². The molecule has 2 aromatic rings. The maximum absolute atomic E-state index is 13.2. The Balaban J connectivity index is 1.72. The number of benzene rings is 2. The summed E-state index contributed by atoms with van der Waals surface area (Å²) >= 11 is 0. The lowest BCUT2D eigenvalue weighted by Crippen LogP contribution is -2.28. The maximum atomic E-state index is 13.2. The van der Waals surface area contributed by atoms with Crippen LogP contribution >= 0.6 is 0 Å². The van der Waals surface area contributed by atoms with Crippen molar-refractivity contribution in [3.63, 3.8) is 0 Å². The average molecular weight is 362 g/mol. The summed E-state index contributed by atoms with van der Waals surface area (Å²) in [7, 11) is -3.53. The van der Waals surface area contributed by atoms with E-state index in [0.717, 1.165) is 12.8 Å². The number of carbonyl (C=O) groups excluding carboxylic acids is 1. The summed E-state index contributed by atoms with van der Waals surface area (Å²) in [6, 6.07) is 12.0. The fourth-order valence-corrected chi connectivity index (χ4v) is 4.41. The van der Waals surface area contributed by atoms with Crippen molar-refractivity contribution in [2.24, 2.45) is 0 Å². The van der Waals surface area contributed by atoms with Crippen molar-refractivity contribution in [1.29, 1.82) is 0 Å². The molecule has 132 valence electrons. The Bertz CT molecular complexity index is 877. The number of halogens is 1. The van der Waals surface area contributed by atoms with Crippen molar-refractivity contribution in [2.45, 2.75) is 24.2 Å². The minimum absolute atomic E-state index is 0.0147. The molecule has 0 aliphatic carbocycles. The first-order valence-electron chi connectivity index (χ1n) is 8.10. The van der Waals surface area contributed by atoms with Crippen molar-refractivity contribution in [3.05, 3.63) is 59.9 Å². The first-order chi connectivity index (χ1) is 11.9. The highest BCUT2D eigenvalue weighted by molar-refractivity contribution is 7.89. The molecule has 0 radical (unpaired) electrons. The van der Waals surface area contributed by atoms with Gasteiger partial charge in [0.1, 0.15) is 5.82 Å². The molecule has 0 atom stereocenters. The van der Waals surface area contributed by atoms with Crippen LogP contribution in [0.3, 0.4) is 0 Å². The van der Waals surface area contributed by atoms with Crippen LogP contribution in [0, 0.1) is 5.82 Å². The van der Waals surface area contributed by atoms with Gasteiger partial charge in [-0.1, -0.05) is 18.2 Å². The van der Waals surface area contributed by atoms with Gasteiger partial charge in [0.2, 0.25) is 15.9 Å². The molecule has 2 aromatic carbocycles. The molecule has 25 heavy (non-hydrogen) atoms. The summed E-state index contributed by atoms with van der Waals surface area (Å²) in [6.07, 6.45) is 1.74. The SMILES string of the molecule is O=C(Cc1cccc(F)c1)Nc1cccc(S(=O)(=O)N2CCCC2)c1. The quantitative estimate of drug-likeness (QED) is 0.889. The van der Waals surface area contributed by atoms with Crippen LogP contribution in [0.4, 0.5) is 10.1 Å². The second kappa shape index (κ2) is 7.33. The number of nitrogens with zero attached hydrogens (tertiary/aromatic N) is 1. The first-order valence-corrected chi connectivity index (χ1v) is 9.54. The number of sulfonamides is 1. The van der Waals surface area contributed by atoms with Crippen molar-refractivity contribution < 1.29 is 17.6 Å². The van der Waals surface area contributed by atoms with E-state index in [4.69, 9.17) is 0 Å². The second-order valence-electron chi connectivity index (χ2n) is 5.99. The Kier molecular flexibility index (Phi) is 5.15. The summed E-state index contributed by atoms with van der Waals surface area (Å²) in [4.78, 5) is 12.3. The number of anilines is 1. The standard InChI is InChI=1S/C18H19FN2O3S/c19-15-6-3-5-14(11-15)12-18(22)20-16-7-4-8-17(13-16)25(23,24)21-9-1-2-10-21/h3-8,11,13H,1-2,9-10,12H2,(H,20,22). The molecule has 7 heteroatoms. The van der Waals surface area contributed by atoms with Gasteiger partial charge in [0.05, 0.1) is 11.3 Å². The van der Waals surface area contributed by atoms with Gasteiger partial charge in [-0.3, -0.25) is 4.79 Å². The van der Waals surface area contributed by atoms with E-state index in [9.17, 15) is 17.6 Å². The topological polar surface area (TPSA) is 66.5 Å². The normalized spacial score (nSPS) is 15.2. The van der Waals surface area contributed by atoms with Gasteiger partial charge in [0.15, 0.2) is 0 Å². The number of carbonyl (C=O) groups is 1. The van der Waals surface area contributed by atoms with Gasteiger partial charge in [0, 0.05) is 18.8 Å². The molecule has 1 aliphatic heterocycles. The number of hydrogen-bond donors (Lipinski definition) is 1. The fourth-order valence-electron chi connectivity index (χ4n) is 2.85. The highest BCUT2D eigenvalue weighted by Crippen LogP contribution is 2.23. The highest BCUT2D eigenvalue weighted by atomic mass is 32.2. The Labute approximate surface area is 146 Å². The third-order valence-corrected chi connectivity index (χ3v) is 5.97. The second-order valence-corrected chi connectivity index (χ2v) is 7.93. The van der Waals surface area contributed by atoms with E-state index in [2.05, 4.69) is 5.32 Å². The van der Waals surface area contributed by atoms with Crippen LogP contribution in [0.1, 0.15) is 18.4 Å². The van der Waals surface area contributed by atoms with Crippen molar-refractivity contribution in [2.75, 3.05) is 18.4 Å². The minimum Gasteiger partial charge on any atom is -0.326 e. The van der Waals surface area contributed by atoms with Crippen molar-refractivity contribution in [3.8, 4) is 0 Å². The van der Waals surface area contributed by atoms with Gasteiger partial charge in [0.25, 0.3) is 0 Å². The Morgan fingerprint density at radius 2 is 1.80 bits per heavy atom. The lowest BCUT2D eigenvalue weighted by Gasteiger charge is -2.16. The van der Waals surface area contributed by atoms with Crippen LogP contribution < -0.4 is 5.32 Å². The molecule has 0 bridgehead atoms. The predicted molar refractivity (Wildman–Crippen MR) is 93.2 cm³/mol. The number of rotatable bonds is 5. The van der Waals surface area contributed by atoms with Gasteiger partial charge >= 0.3 is 0 Å². The Morgan fingerprint density at radius 3 is 2.52 bits per heavy atom. The number of amides is 1. The molecule has 0 saturated carbocycles. The fraction of sp³-hybridized carbons (Fsp3) is 0.278.